The monoisotopic (exact) mass is 286 g/mol. The van der Waals surface area contributed by atoms with Crippen molar-refractivity contribution in [1.82, 2.24) is 0 Å². The summed E-state index contributed by atoms with van der Waals surface area (Å²) in [4.78, 5) is 0. The minimum absolute atomic E-state index is 0.0109. The molecule has 0 aromatic carbocycles. The zero-order valence-electron chi connectivity index (χ0n) is 13.4. The Morgan fingerprint density at radius 2 is 1.84 bits per heavy atom. The summed E-state index contributed by atoms with van der Waals surface area (Å²) in [5.74, 6) is 0. The summed E-state index contributed by atoms with van der Waals surface area (Å²) in [6, 6.07) is 1.01. The molecule has 1 saturated heterocycles. The van der Waals surface area contributed by atoms with Gasteiger partial charge in [-0.1, -0.05) is 38.8 Å². The predicted octanol–water partition coefficient (Wildman–Crippen LogP) is 3.82. The maximum atomic E-state index is 6.15. The van der Waals surface area contributed by atoms with E-state index in [1.807, 2.05) is 7.11 Å². The molecule has 0 aromatic heterocycles. The number of hydrogen-bond acceptors (Lipinski definition) is 3. The summed E-state index contributed by atoms with van der Waals surface area (Å²) < 4.78 is 18.1. The standard InChI is InChI=1S/C15H30O3Si/c1-7-10-14(3)12-9-13-19(17-5,18-6)15(14,16-4)11-8-2/h7,10H,8-9,11-13H2,1-6H3. The van der Waals surface area contributed by atoms with Crippen LogP contribution in [-0.2, 0) is 13.6 Å². The lowest BCUT2D eigenvalue weighted by molar-refractivity contribution is -0.0793. The van der Waals surface area contributed by atoms with E-state index in [9.17, 15) is 0 Å². The van der Waals surface area contributed by atoms with Crippen LogP contribution in [0.2, 0.25) is 6.04 Å². The van der Waals surface area contributed by atoms with E-state index in [1.54, 1.807) is 14.2 Å². The van der Waals surface area contributed by atoms with Crippen LogP contribution < -0.4 is 0 Å². The van der Waals surface area contributed by atoms with Crippen LogP contribution in [-0.4, -0.2) is 35.1 Å². The molecule has 3 nitrogen and oxygen atoms in total. The Morgan fingerprint density at radius 3 is 2.26 bits per heavy atom. The number of methoxy groups -OCH3 is 1. The SMILES string of the molecule is CC=CC1(C)CCC[Si](OC)(OC)C1(CCC)OC. The third kappa shape index (κ3) is 2.44. The molecule has 1 heterocycles. The highest BCUT2D eigenvalue weighted by atomic mass is 28.4. The van der Waals surface area contributed by atoms with Gasteiger partial charge in [0.05, 0.1) is 0 Å². The zero-order valence-corrected chi connectivity index (χ0v) is 14.4. The maximum Gasteiger partial charge on any atom is 0.371 e. The van der Waals surface area contributed by atoms with Gasteiger partial charge >= 0.3 is 8.56 Å². The molecule has 1 aliphatic heterocycles. The third-order valence-electron chi connectivity index (χ3n) is 4.88. The molecule has 1 fully saturated rings. The third-order valence-corrected chi connectivity index (χ3v) is 9.47. The van der Waals surface area contributed by atoms with Gasteiger partial charge in [-0.2, -0.15) is 0 Å². The number of allylic oxidation sites excluding steroid dienone is 1. The van der Waals surface area contributed by atoms with Crippen molar-refractivity contribution in [3.63, 3.8) is 0 Å². The van der Waals surface area contributed by atoms with Gasteiger partial charge in [-0.15, -0.1) is 0 Å². The fourth-order valence-electron chi connectivity index (χ4n) is 4.05. The average Bonchev–Trinajstić information content (AvgIpc) is 2.41. The van der Waals surface area contributed by atoms with Crippen LogP contribution in [0.15, 0.2) is 12.2 Å². The van der Waals surface area contributed by atoms with E-state index < -0.39 is 8.56 Å². The molecule has 2 unspecified atom stereocenters. The molecule has 0 spiro atoms. The molecule has 2 atom stereocenters. The Morgan fingerprint density at radius 1 is 1.21 bits per heavy atom. The Kier molecular flexibility index (Phi) is 5.80. The van der Waals surface area contributed by atoms with E-state index in [-0.39, 0.29) is 10.6 Å². The van der Waals surface area contributed by atoms with Crippen molar-refractivity contribution in [3.8, 4) is 0 Å². The van der Waals surface area contributed by atoms with E-state index in [0.29, 0.717) is 0 Å². The molecule has 19 heavy (non-hydrogen) atoms. The van der Waals surface area contributed by atoms with Gasteiger partial charge in [0.2, 0.25) is 0 Å². The number of hydrogen-bond donors (Lipinski definition) is 0. The summed E-state index contributed by atoms with van der Waals surface area (Å²) in [5.41, 5.74) is -0.0109. The van der Waals surface area contributed by atoms with Crippen molar-refractivity contribution in [2.45, 2.75) is 57.7 Å². The van der Waals surface area contributed by atoms with Crippen LogP contribution in [0.1, 0.15) is 46.5 Å². The molecule has 1 rings (SSSR count). The van der Waals surface area contributed by atoms with Crippen LogP contribution >= 0.6 is 0 Å². The summed E-state index contributed by atoms with van der Waals surface area (Å²) in [6.07, 6.45) is 8.77. The topological polar surface area (TPSA) is 27.7 Å². The first-order valence-corrected chi connectivity index (χ1v) is 9.33. The molecule has 4 heteroatoms. The van der Waals surface area contributed by atoms with E-state index in [2.05, 4.69) is 32.9 Å². The first kappa shape index (κ1) is 16.9. The summed E-state index contributed by atoms with van der Waals surface area (Å²) in [6.45, 7) is 6.58. The molecular weight excluding hydrogens is 256 g/mol. The molecule has 0 radical (unpaired) electrons. The zero-order chi connectivity index (χ0) is 14.6. The second kappa shape index (κ2) is 6.53. The molecule has 0 aliphatic carbocycles. The van der Waals surface area contributed by atoms with Crippen LogP contribution in [0, 0.1) is 5.41 Å². The van der Waals surface area contributed by atoms with Crippen molar-refractivity contribution in [3.05, 3.63) is 12.2 Å². The van der Waals surface area contributed by atoms with Crippen molar-refractivity contribution in [2.75, 3.05) is 21.3 Å². The van der Waals surface area contributed by atoms with Crippen LogP contribution in [0.5, 0.6) is 0 Å². The second-order valence-corrected chi connectivity index (χ2v) is 9.34. The van der Waals surface area contributed by atoms with Crippen molar-refractivity contribution in [1.29, 1.82) is 0 Å². The van der Waals surface area contributed by atoms with Gasteiger partial charge in [-0.05, 0) is 25.8 Å². The largest absolute Gasteiger partial charge is 0.396 e. The van der Waals surface area contributed by atoms with Crippen molar-refractivity contribution >= 4 is 8.56 Å². The first-order valence-electron chi connectivity index (χ1n) is 7.30. The van der Waals surface area contributed by atoms with Gasteiger partial charge in [0, 0.05) is 26.7 Å². The molecule has 1 aliphatic rings. The molecule has 0 saturated carbocycles. The van der Waals surface area contributed by atoms with Gasteiger partial charge in [-0.3, -0.25) is 0 Å². The quantitative estimate of drug-likeness (QED) is 0.549. The normalized spacial score (nSPS) is 34.8. The average molecular weight is 286 g/mol. The van der Waals surface area contributed by atoms with Gasteiger partial charge in [0.25, 0.3) is 0 Å². The summed E-state index contributed by atoms with van der Waals surface area (Å²) in [5, 5.41) is -0.303. The van der Waals surface area contributed by atoms with E-state index in [4.69, 9.17) is 13.6 Å². The molecule has 0 amide bonds. The highest BCUT2D eigenvalue weighted by Gasteiger charge is 2.66. The Balaban J connectivity index is 3.40. The summed E-state index contributed by atoms with van der Waals surface area (Å²) >= 11 is 0. The highest BCUT2D eigenvalue weighted by molar-refractivity contribution is 6.71. The predicted molar refractivity (Wildman–Crippen MR) is 81.4 cm³/mol. The van der Waals surface area contributed by atoms with Crippen LogP contribution in [0.3, 0.4) is 0 Å². The lowest BCUT2D eigenvalue weighted by Gasteiger charge is -2.57. The lowest BCUT2D eigenvalue weighted by Crippen LogP contribution is -2.71. The molecule has 0 aromatic rings. The summed E-state index contributed by atoms with van der Waals surface area (Å²) in [7, 11) is 3.03. The van der Waals surface area contributed by atoms with Gasteiger partial charge in [-0.25, -0.2) is 0 Å². The highest BCUT2D eigenvalue weighted by Crippen LogP contribution is 2.54. The van der Waals surface area contributed by atoms with Crippen molar-refractivity contribution in [2.24, 2.45) is 5.41 Å². The van der Waals surface area contributed by atoms with Gasteiger partial charge in [0.1, 0.15) is 5.22 Å². The van der Waals surface area contributed by atoms with E-state index >= 15 is 0 Å². The smallest absolute Gasteiger partial charge is 0.371 e. The first-order chi connectivity index (χ1) is 9.01. The van der Waals surface area contributed by atoms with Crippen molar-refractivity contribution < 1.29 is 13.6 Å². The van der Waals surface area contributed by atoms with Crippen LogP contribution in [0.25, 0.3) is 0 Å². The van der Waals surface area contributed by atoms with Crippen LogP contribution in [0.4, 0.5) is 0 Å². The fraction of sp³-hybridized carbons (Fsp3) is 0.867. The molecule has 0 bridgehead atoms. The minimum atomic E-state index is -2.38. The molecule has 0 N–H and O–H groups in total. The Bertz CT molecular complexity index is 315. The Labute approximate surface area is 119 Å². The number of rotatable bonds is 6. The lowest BCUT2D eigenvalue weighted by atomic mass is 9.76. The number of ether oxygens (including phenoxy) is 1. The maximum absolute atomic E-state index is 6.15. The second-order valence-electron chi connectivity index (χ2n) is 5.71. The fourth-order valence-corrected chi connectivity index (χ4v) is 8.35. The minimum Gasteiger partial charge on any atom is -0.396 e. The van der Waals surface area contributed by atoms with E-state index in [1.165, 1.54) is 0 Å². The molecular formula is C15H30O3Si. The van der Waals surface area contributed by atoms with E-state index in [0.717, 1.165) is 31.7 Å². The Hall–Kier alpha value is -0.163. The van der Waals surface area contributed by atoms with Gasteiger partial charge < -0.3 is 13.6 Å². The van der Waals surface area contributed by atoms with Gasteiger partial charge in [0.15, 0.2) is 0 Å². The molecule has 112 valence electrons.